The van der Waals surface area contributed by atoms with E-state index in [0.29, 0.717) is 24.3 Å². The average Bonchev–Trinajstić information content (AvgIpc) is 2.37. The van der Waals surface area contributed by atoms with Crippen molar-refractivity contribution in [1.29, 1.82) is 0 Å². The molecular formula is C14H17F3O3. The molecule has 0 aliphatic heterocycles. The summed E-state index contributed by atoms with van der Waals surface area (Å²) in [7, 11) is 1.54. The SMILES string of the molecule is COCCOCCC(=O)c1ccc(C(F)(F)F)cc1C. The number of carbonyl (C=O) groups is 1. The summed E-state index contributed by atoms with van der Waals surface area (Å²) in [6, 6.07) is 3.13. The van der Waals surface area contributed by atoms with E-state index >= 15 is 0 Å². The topological polar surface area (TPSA) is 35.5 Å². The number of methoxy groups -OCH3 is 1. The van der Waals surface area contributed by atoms with Gasteiger partial charge in [0.25, 0.3) is 0 Å². The van der Waals surface area contributed by atoms with Crippen molar-refractivity contribution < 1.29 is 27.4 Å². The fraction of sp³-hybridized carbons (Fsp3) is 0.500. The monoisotopic (exact) mass is 290 g/mol. The number of carbonyl (C=O) groups excluding carboxylic acids is 1. The van der Waals surface area contributed by atoms with Crippen LogP contribution in [0.4, 0.5) is 13.2 Å². The van der Waals surface area contributed by atoms with Gasteiger partial charge in [0.05, 0.1) is 25.4 Å². The van der Waals surface area contributed by atoms with Crippen LogP contribution in [0.1, 0.15) is 27.9 Å². The van der Waals surface area contributed by atoms with Gasteiger partial charge in [0.2, 0.25) is 0 Å². The van der Waals surface area contributed by atoms with Gasteiger partial charge in [0, 0.05) is 19.1 Å². The van der Waals surface area contributed by atoms with Crippen LogP contribution < -0.4 is 0 Å². The Labute approximate surface area is 115 Å². The van der Waals surface area contributed by atoms with Gasteiger partial charge in [-0.1, -0.05) is 6.07 Å². The van der Waals surface area contributed by atoms with Gasteiger partial charge < -0.3 is 9.47 Å². The van der Waals surface area contributed by atoms with E-state index in [1.54, 1.807) is 7.11 Å². The number of ketones is 1. The highest BCUT2D eigenvalue weighted by Crippen LogP contribution is 2.30. The van der Waals surface area contributed by atoms with E-state index in [1.807, 2.05) is 0 Å². The predicted octanol–water partition coefficient (Wildman–Crippen LogP) is 3.25. The van der Waals surface area contributed by atoms with Gasteiger partial charge in [-0.15, -0.1) is 0 Å². The molecule has 20 heavy (non-hydrogen) atoms. The molecule has 1 rings (SSSR count). The van der Waals surface area contributed by atoms with Crippen LogP contribution in [0, 0.1) is 6.92 Å². The maximum absolute atomic E-state index is 12.5. The number of hydrogen-bond acceptors (Lipinski definition) is 3. The van der Waals surface area contributed by atoms with Crippen LogP contribution in [0.2, 0.25) is 0 Å². The molecule has 0 aliphatic carbocycles. The maximum Gasteiger partial charge on any atom is 0.416 e. The van der Waals surface area contributed by atoms with Gasteiger partial charge in [-0.2, -0.15) is 13.2 Å². The van der Waals surface area contributed by atoms with Gasteiger partial charge >= 0.3 is 6.18 Å². The smallest absolute Gasteiger partial charge is 0.382 e. The number of aryl methyl sites for hydroxylation is 1. The molecule has 0 heterocycles. The Hall–Kier alpha value is -1.40. The molecule has 6 heteroatoms. The number of halogens is 3. The first-order valence-corrected chi connectivity index (χ1v) is 6.14. The molecule has 0 amide bonds. The third kappa shape index (κ3) is 4.94. The van der Waals surface area contributed by atoms with E-state index in [2.05, 4.69) is 0 Å². The number of Topliss-reactive ketones (excluding diaryl/α,β-unsaturated/α-hetero) is 1. The zero-order valence-electron chi connectivity index (χ0n) is 11.4. The summed E-state index contributed by atoms with van der Waals surface area (Å²) >= 11 is 0. The summed E-state index contributed by atoms with van der Waals surface area (Å²) in [6.07, 6.45) is -4.26. The van der Waals surface area contributed by atoms with Crippen molar-refractivity contribution in [3.63, 3.8) is 0 Å². The maximum atomic E-state index is 12.5. The van der Waals surface area contributed by atoms with Crippen molar-refractivity contribution >= 4 is 5.78 Å². The Morgan fingerprint density at radius 3 is 2.45 bits per heavy atom. The van der Waals surface area contributed by atoms with Crippen LogP contribution >= 0.6 is 0 Å². The second-order valence-electron chi connectivity index (χ2n) is 4.31. The minimum absolute atomic E-state index is 0.135. The molecule has 0 saturated carbocycles. The standard InChI is InChI=1S/C14H17F3O3/c1-10-9-11(14(15,16)17)3-4-12(10)13(18)5-6-20-8-7-19-2/h3-4,9H,5-8H2,1-2H3. The molecule has 0 unspecified atom stereocenters. The Bertz CT molecular complexity index is 455. The third-order valence-corrected chi connectivity index (χ3v) is 2.76. The number of hydrogen-bond donors (Lipinski definition) is 0. The fourth-order valence-electron chi connectivity index (χ4n) is 1.70. The van der Waals surface area contributed by atoms with E-state index in [-0.39, 0.29) is 18.8 Å². The quantitative estimate of drug-likeness (QED) is 0.571. The molecular weight excluding hydrogens is 273 g/mol. The van der Waals surface area contributed by atoms with E-state index in [9.17, 15) is 18.0 Å². The lowest BCUT2D eigenvalue weighted by atomic mass is 10.00. The Balaban J connectivity index is 2.61. The molecule has 3 nitrogen and oxygen atoms in total. The first-order valence-electron chi connectivity index (χ1n) is 6.14. The minimum Gasteiger partial charge on any atom is -0.382 e. The van der Waals surface area contributed by atoms with Gasteiger partial charge in [-0.3, -0.25) is 4.79 Å². The Morgan fingerprint density at radius 2 is 1.90 bits per heavy atom. The van der Waals surface area contributed by atoms with Crippen LogP contribution in [0.25, 0.3) is 0 Å². The largest absolute Gasteiger partial charge is 0.416 e. The number of rotatable bonds is 7. The van der Waals surface area contributed by atoms with Gasteiger partial charge in [-0.05, 0) is 24.6 Å². The zero-order valence-corrected chi connectivity index (χ0v) is 11.4. The van der Waals surface area contributed by atoms with E-state index in [4.69, 9.17) is 9.47 Å². The molecule has 0 fully saturated rings. The molecule has 0 N–H and O–H groups in total. The lowest BCUT2D eigenvalue weighted by Gasteiger charge is -2.10. The molecule has 0 saturated heterocycles. The highest BCUT2D eigenvalue weighted by molar-refractivity contribution is 5.97. The van der Waals surface area contributed by atoms with Crippen LogP contribution in [0.5, 0.6) is 0 Å². The van der Waals surface area contributed by atoms with Gasteiger partial charge in [0.1, 0.15) is 0 Å². The lowest BCUT2D eigenvalue weighted by Crippen LogP contribution is -2.11. The van der Waals surface area contributed by atoms with Gasteiger partial charge in [0.15, 0.2) is 5.78 Å². The van der Waals surface area contributed by atoms with E-state index in [1.165, 1.54) is 13.0 Å². The van der Waals surface area contributed by atoms with Crippen molar-refractivity contribution in [2.75, 3.05) is 26.9 Å². The van der Waals surface area contributed by atoms with Crippen LogP contribution in [-0.4, -0.2) is 32.7 Å². The summed E-state index contributed by atoms with van der Waals surface area (Å²) in [5, 5.41) is 0. The van der Waals surface area contributed by atoms with Crippen molar-refractivity contribution in [3.8, 4) is 0 Å². The number of benzene rings is 1. The van der Waals surface area contributed by atoms with E-state index < -0.39 is 11.7 Å². The third-order valence-electron chi connectivity index (χ3n) is 2.76. The zero-order chi connectivity index (χ0) is 15.2. The molecule has 0 atom stereocenters. The molecule has 0 aromatic heterocycles. The van der Waals surface area contributed by atoms with E-state index in [0.717, 1.165) is 12.1 Å². The van der Waals surface area contributed by atoms with Crippen molar-refractivity contribution in [3.05, 3.63) is 34.9 Å². The summed E-state index contributed by atoms with van der Waals surface area (Å²) in [5.41, 5.74) is -0.127. The Kier molecular flexibility index (Phi) is 6.16. The van der Waals surface area contributed by atoms with Crippen LogP contribution in [0.15, 0.2) is 18.2 Å². The van der Waals surface area contributed by atoms with Crippen molar-refractivity contribution in [1.82, 2.24) is 0 Å². The second-order valence-corrected chi connectivity index (χ2v) is 4.31. The van der Waals surface area contributed by atoms with Crippen LogP contribution in [-0.2, 0) is 15.7 Å². The molecule has 112 valence electrons. The van der Waals surface area contributed by atoms with Crippen LogP contribution in [0.3, 0.4) is 0 Å². The molecule has 1 aromatic rings. The van der Waals surface area contributed by atoms with Crippen molar-refractivity contribution in [2.24, 2.45) is 0 Å². The van der Waals surface area contributed by atoms with Gasteiger partial charge in [-0.25, -0.2) is 0 Å². The fourth-order valence-corrected chi connectivity index (χ4v) is 1.70. The molecule has 0 bridgehead atoms. The molecule has 0 aliphatic rings. The lowest BCUT2D eigenvalue weighted by molar-refractivity contribution is -0.137. The first kappa shape index (κ1) is 16.7. The highest BCUT2D eigenvalue weighted by Gasteiger charge is 2.30. The number of ether oxygens (including phenoxy) is 2. The summed E-state index contributed by atoms with van der Waals surface area (Å²) in [6.45, 7) is 2.54. The summed E-state index contributed by atoms with van der Waals surface area (Å²) in [4.78, 5) is 11.9. The second kappa shape index (κ2) is 7.40. The molecule has 0 spiro atoms. The summed E-state index contributed by atoms with van der Waals surface area (Å²) in [5.74, 6) is -0.228. The molecule has 1 aromatic carbocycles. The normalized spacial score (nSPS) is 11.7. The van der Waals surface area contributed by atoms with Crippen molar-refractivity contribution in [2.45, 2.75) is 19.5 Å². The predicted molar refractivity (Wildman–Crippen MR) is 67.8 cm³/mol. The highest BCUT2D eigenvalue weighted by atomic mass is 19.4. The minimum atomic E-state index is -4.39. The molecule has 0 radical (unpaired) electrons. The average molecular weight is 290 g/mol. The summed E-state index contributed by atoms with van der Waals surface area (Å²) < 4.78 is 47.5. The first-order chi connectivity index (χ1) is 9.36. The number of alkyl halides is 3. The Morgan fingerprint density at radius 1 is 1.20 bits per heavy atom.